The van der Waals surface area contributed by atoms with E-state index in [4.69, 9.17) is 18.9 Å². The van der Waals surface area contributed by atoms with Crippen LogP contribution in [-0.2, 0) is 4.74 Å². The molecule has 0 saturated carbocycles. The predicted molar refractivity (Wildman–Crippen MR) is 146 cm³/mol. The molecule has 2 heterocycles. The highest BCUT2D eigenvalue weighted by Gasteiger charge is 2.16. The zero-order valence-electron chi connectivity index (χ0n) is 22.1. The van der Waals surface area contributed by atoms with Gasteiger partial charge in [0.2, 0.25) is 23.6 Å². The molecule has 1 aliphatic heterocycles. The van der Waals surface area contributed by atoms with E-state index in [2.05, 4.69) is 61.4 Å². The first-order valence-corrected chi connectivity index (χ1v) is 12.4. The summed E-state index contributed by atoms with van der Waals surface area (Å²) in [5.74, 6) is 2.96. The Hall–Kier alpha value is -3.99. The van der Waals surface area contributed by atoms with Gasteiger partial charge in [0, 0.05) is 55.4 Å². The highest BCUT2D eigenvalue weighted by Crippen LogP contribution is 2.40. The van der Waals surface area contributed by atoms with Crippen molar-refractivity contribution in [3.8, 4) is 17.2 Å². The normalized spacial score (nSPS) is 13.2. The lowest BCUT2D eigenvalue weighted by atomic mass is 10.2. The van der Waals surface area contributed by atoms with E-state index in [-0.39, 0.29) is 0 Å². The van der Waals surface area contributed by atoms with Gasteiger partial charge in [-0.3, -0.25) is 0 Å². The molecule has 0 spiro atoms. The Morgan fingerprint density at radius 3 is 1.89 bits per heavy atom. The molecular weight excluding hydrogens is 474 g/mol. The number of hydrogen-bond acceptors (Lipinski definition) is 11. The lowest BCUT2D eigenvalue weighted by molar-refractivity contribution is 0.122. The van der Waals surface area contributed by atoms with E-state index in [1.165, 1.54) is 0 Å². The van der Waals surface area contributed by atoms with E-state index in [9.17, 15) is 0 Å². The quantitative estimate of drug-likeness (QED) is 0.391. The molecule has 4 rings (SSSR count). The van der Waals surface area contributed by atoms with Gasteiger partial charge in [-0.1, -0.05) is 0 Å². The first kappa shape index (κ1) is 26.1. The number of hydrogen-bond donors (Lipinski definition) is 2. The Kier molecular flexibility index (Phi) is 8.68. The van der Waals surface area contributed by atoms with Crippen LogP contribution in [-0.4, -0.2) is 75.7 Å². The first-order chi connectivity index (χ1) is 18.1. The molecule has 198 valence electrons. The van der Waals surface area contributed by atoms with Crippen molar-refractivity contribution in [2.75, 3.05) is 81.2 Å². The third-order valence-corrected chi connectivity index (χ3v) is 6.09. The minimum atomic E-state index is 0.388. The average molecular weight is 510 g/mol. The lowest BCUT2D eigenvalue weighted by Crippen LogP contribution is -2.36. The molecule has 2 aromatic carbocycles. The number of morpholine rings is 1. The van der Waals surface area contributed by atoms with Crippen molar-refractivity contribution in [2.24, 2.45) is 0 Å². The summed E-state index contributed by atoms with van der Waals surface area (Å²) in [7, 11) is 4.73. The summed E-state index contributed by atoms with van der Waals surface area (Å²) in [5.41, 5.74) is 2.73. The van der Waals surface area contributed by atoms with Crippen LogP contribution in [0.25, 0.3) is 0 Å². The summed E-state index contributed by atoms with van der Waals surface area (Å²) < 4.78 is 21.8. The van der Waals surface area contributed by atoms with Crippen LogP contribution in [0.1, 0.15) is 13.8 Å². The van der Waals surface area contributed by atoms with Crippen molar-refractivity contribution in [1.82, 2.24) is 15.0 Å². The van der Waals surface area contributed by atoms with Crippen LogP contribution in [0.4, 0.5) is 34.9 Å². The zero-order chi connectivity index (χ0) is 26.2. The van der Waals surface area contributed by atoms with E-state index in [1.807, 2.05) is 12.1 Å². The third kappa shape index (κ3) is 6.23. The van der Waals surface area contributed by atoms with Crippen molar-refractivity contribution in [1.29, 1.82) is 0 Å². The van der Waals surface area contributed by atoms with Gasteiger partial charge in [0.1, 0.15) is 0 Å². The lowest BCUT2D eigenvalue weighted by Gasteiger charge is -2.28. The smallest absolute Gasteiger partial charge is 0.233 e. The van der Waals surface area contributed by atoms with Crippen molar-refractivity contribution in [3.63, 3.8) is 0 Å². The topological polar surface area (TPSA) is 106 Å². The highest BCUT2D eigenvalue weighted by atomic mass is 16.5. The fraction of sp³-hybridized carbons (Fsp3) is 0.423. The molecule has 0 aliphatic carbocycles. The maximum atomic E-state index is 5.48. The third-order valence-electron chi connectivity index (χ3n) is 6.09. The van der Waals surface area contributed by atoms with Crippen LogP contribution in [0.2, 0.25) is 0 Å². The first-order valence-electron chi connectivity index (χ1n) is 12.4. The average Bonchev–Trinajstić information content (AvgIpc) is 2.94. The van der Waals surface area contributed by atoms with Crippen LogP contribution in [0, 0.1) is 0 Å². The Balaban J connectivity index is 1.61. The molecule has 1 saturated heterocycles. The second-order valence-electron chi connectivity index (χ2n) is 8.27. The van der Waals surface area contributed by atoms with Gasteiger partial charge in [0.15, 0.2) is 11.5 Å². The summed E-state index contributed by atoms with van der Waals surface area (Å²) in [4.78, 5) is 18.3. The molecule has 11 nitrogen and oxygen atoms in total. The molecule has 0 amide bonds. The zero-order valence-corrected chi connectivity index (χ0v) is 22.1. The second kappa shape index (κ2) is 12.3. The van der Waals surface area contributed by atoms with Gasteiger partial charge in [-0.25, -0.2) is 0 Å². The summed E-state index contributed by atoms with van der Waals surface area (Å²) in [6.45, 7) is 8.94. The maximum Gasteiger partial charge on any atom is 0.233 e. The summed E-state index contributed by atoms with van der Waals surface area (Å²) >= 11 is 0. The molecule has 0 radical (unpaired) electrons. The molecule has 2 N–H and O–H groups in total. The van der Waals surface area contributed by atoms with Crippen molar-refractivity contribution in [3.05, 3.63) is 36.4 Å². The van der Waals surface area contributed by atoms with Gasteiger partial charge in [0.25, 0.3) is 0 Å². The fourth-order valence-electron chi connectivity index (χ4n) is 4.11. The van der Waals surface area contributed by atoms with Gasteiger partial charge in [-0.05, 0) is 38.1 Å². The molecule has 1 fully saturated rings. The molecular formula is C26H35N7O4. The molecule has 11 heteroatoms. The van der Waals surface area contributed by atoms with E-state index in [0.717, 1.165) is 50.8 Å². The number of aromatic nitrogens is 3. The van der Waals surface area contributed by atoms with Gasteiger partial charge in [0.05, 0.1) is 34.5 Å². The maximum absolute atomic E-state index is 5.48. The standard InChI is InChI=1S/C26H35N7O4/c1-6-32(7-2)26-30-24(27-18-8-10-20(11-9-18)33-12-14-37-15-13-33)29-25(31-26)28-19-16-21(34-3)23(36-5)22(17-19)35-4/h8-11,16-17H,6-7,12-15H2,1-5H3,(H2,27,28,29,30,31). The van der Waals surface area contributed by atoms with Gasteiger partial charge in [-0.15, -0.1) is 0 Å². The Bertz CT molecular complexity index is 1140. The van der Waals surface area contributed by atoms with Gasteiger partial charge in [-0.2, -0.15) is 15.0 Å². The number of nitrogens with one attached hydrogen (secondary N) is 2. The predicted octanol–water partition coefficient (Wildman–Crippen LogP) is 4.07. The Labute approximate surface area is 217 Å². The number of anilines is 6. The van der Waals surface area contributed by atoms with Gasteiger partial charge >= 0.3 is 0 Å². The molecule has 37 heavy (non-hydrogen) atoms. The molecule has 3 aromatic rings. The van der Waals surface area contributed by atoms with Crippen molar-refractivity contribution < 1.29 is 18.9 Å². The number of rotatable bonds is 11. The molecule has 0 unspecified atom stereocenters. The van der Waals surface area contributed by atoms with E-state index >= 15 is 0 Å². The minimum absolute atomic E-state index is 0.388. The largest absolute Gasteiger partial charge is 0.493 e. The van der Waals surface area contributed by atoms with Crippen LogP contribution in [0.15, 0.2) is 36.4 Å². The number of nitrogens with zero attached hydrogens (tertiary/aromatic N) is 5. The van der Waals surface area contributed by atoms with Crippen LogP contribution >= 0.6 is 0 Å². The van der Waals surface area contributed by atoms with Crippen molar-refractivity contribution >= 4 is 34.9 Å². The summed E-state index contributed by atoms with van der Waals surface area (Å²) in [6, 6.07) is 11.8. The summed E-state index contributed by atoms with van der Waals surface area (Å²) in [6.07, 6.45) is 0. The molecule has 1 aliphatic rings. The highest BCUT2D eigenvalue weighted by molar-refractivity contribution is 5.67. The number of ether oxygens (including phenoxy) is 4. The van der Waals surface area contributed by atoms with Crippen LogP contribution < -0.4 is 34.6 Å². The number of benzene rings is 2. The van der Waals surface area contributed by atoms with E-state index < -0.39 is 0 Å². The molecule has 0 atom stereocenters. The van der Waals surface area contributed by atoms with Crippen LogP contribution in [0.5, 0.6) is 17.2 Å². The van der Waals surface area contributed by atoms with Crippen LogP contribution in [0.3, 0.4) is 0 Å². The minimum Gasteiger partial charge on any atom is -0.493 e. The van der Waals surface area contributed by atoms with Gasteiger partial charge < -0.3 is 39.4 Å². The van der Waals surface area contributed by atoms with Crippen molar-refractivity contribution in [2.45, 2.75) is 13.8 Å². The fourth-order valence-corrected chi connectivity index (χ4v) is 4.11. The van der Waals surface area contributed by atoms with E-state index in [1.54, 1.807) is 33.5 Å². The summed E-state index contributed by atoms with van der Waals surface area (Å²) in [5, 5.41) is 6.59. The van der Waals surface area contributed by atoms with E-state index in [0.29, 0.717) is 40.8 Å². The Morgan fingerprint density at radius 2 is 1.38 bits per heavy atom. The SMILES string of the molecule is CCN(CC)c1nc(Nc2ccc(N3CCOCC3)cc2)nc(Nc2cc(OC)c(OC)c(OC)c2)n1. The molecule has 0 bridgehead atoms. The number of methoxy groups -OCH3 is 3. The second-order valence-corrected chi connectivity index (χ2v) is 8.27. The Morgan fingerprint density at radius 1 is 0.811 bits per heavy atom. The molecule has 1 aromatic heterocycles. The monoisotopic (exact) mass is 509 g/mol.